The van der Waals surface area contributed by atoms with Gasteiger partial charge in [0.2, 0.25) is 10.0 Å². The molecule has 0 heterocycles. The van der Waals surface area contributed by atoms with E-state index in [1.807, 2.05) is 25.9 Å². The van der Waals surface area contributed by atoms with Gasteiger partial charge in [-0.1, -0.05) is 6.92 Å². The van der Waals surface area contributed by atoms with Gasteiger partial charge in [-0.3, -0.25) is 0 Å². The van der Waals surface area contributed by atoms with Crippen molar-refractivity contribution in [3.05, 3.63) is 0 Å². The molecule has 0 fully saturated rings. The Morgan fingerprint density at radius 1 is 1.08 bits per heavy atom. The monoisotopic (exact) mass is 208 g/mol. The number of nitrogens with zero attached hydrogens (tertiary/aromatic N) is 2. The lowest BCUT2D eigenvalue weighted by Gasteiger charge is -2.21. The molecular formula is C8H20N2O2S. The molecule has 0 atom stereocenters. The van der Waals surface area contributed by atoms with Crippen LogP contribution in [0.2, 0.25) is 0 Å². The zero-order valence-corrected chi connectivity index (χ0v) is 9.76. The smallest absolute Gasteiger partial charge is 0.211 e. The maximum absolute atomic E-state index is 11.2. The van der Waals surface area contributed by atoms with Crippen LogP contribution in [0.1, 0.15) is 13.3 Å². The van der Waals surface area contributed by atoms with Crippen molar-refractivity contribution in [1.82, 2.24) is 9.21 Å². The Balaban J connectivity index is 4.12. The van der Waals surface area contributed by atoms with Gasteiger partial charge in [0.15, 0.2) is 0 Å². The van der Waals surface area contributed by atoms with E-state index >= 15 is 0 Å². The standard InChI is InChI=1S/C8H20N2O2S/c1-5-6-10(13(4,11)12)8-7-9(2)3/h5-8H2,1-4H3. The van der Waals surface area contributed by atoms with Gasteiger partial charge in [0.1, 0.15) is 0 Å². The van der Waals surface area contributed by atoms with Crippen molar-refractivity contribution in [3.63, 3.8) is 0 Å². The molecule has 0 N–H and O–H groups in total. The highest BCUT2D eigenvalue weighted by molar-refractivity contribution is 7.88. The van der Waals surface area contributed by atoms with Crippen LogP contribution >= 0.6 is 0 Å². The Kier molecular flexibility index (Phi) is 5.51. The van der Waals surface area contributed by atoms with Crippen LogP contribution in [0, 0.1) is 0 Å². The number of rotatable bonds is 6. The van der Waals surface area contributed by atoms with Gasteiger partial charge in [-0.25, -0.2) is 12.7 Å². The topological polar surface area (TPSA) is 40.6 Å². The molecule has 0 bridgehead atoms. The molecule has 0 aliphatic heterocycles. The van der Waals surface area contributed by atoms with Crippen LogP contribution in [0.3, 0.4) is 0 Å². The Hall–Kier alpha value is -0.130. The molecule has 0 saturated heterocycles. The molecule has 0 aliphatic rings. The second-order valence-electron chi connectivity index (χ2n) is 3.47. The molecular weight excluding hydrogens is 188 g/mol. The van der Waals surface area contributed by atoms with Crippen molar-refractivity contribution < 1.29 is 8.42 Å². The summed E-state index contributed by atoms with van der Waals surface area (Å²) in [6.07, 6.45) is 2.12. The molecule has 0 aromatic rings. The van der Waals surface area contributed by atoms with E-state index in [-0.39, 0.29) is 0 Å². The SMILES string of the molecule is CCCN(CCN(C)C)S(C)(=O)=O. The number of sulfonamides is 1. The van der Waals surface area contributed by atoms with Crippen molar-refractivity contribution in [2.45, 2.75) is 13.3 Å². The van der Waals surface area contributed by atoms with E-state index < -0.39 is 10.0 Å². The van der Waals surface area contributed by atoms with Crippen molar-refractivity contribution in [2.75, 3.05) is 40.0 Å². The van der Waals surface area contributed by atoms with E-state index in [2.05, 4.69) is 0 Å². The summed E-state index contributed by atoms with van der Waals surface area (Å²) in [5, 5.41) is 0. The maximum atomic E-state index is 11.2. The highest BCUT2D eigenvalue weighted by Crippen LogP contribution is 1.99. The van der Waals surface area contributed by atoms with Gasteiger partial charge in [-0.05, 0) is 20.5 Å². The fraction of sp³-hybridized carbons (Fsp3) is 1.00. The number of hydrogen-bond acceptors (Lipinski definition) is 3. The summed E-state index contributed by atoms with van der Waals surface area (Å²) in [6, 6.07) is 0. The molecule has 0 spiro atoms. The largest absolute Gasteiger partial charge is 0.308 e. The van der Waals surface area contributed by atoms with E-state index in [9.17, 15) is 8.42 Å². The summed E-state index contributed by atoms with van der Waals surface area (Å²) in [4.78, 5) is 1.98. The Morgan fingerprint density at radius 2 is 1.62 bits per heavy atom. The van der Waals surface area contributed by atoms with Gasteiger partial charge in [0.05, 0.1) is 6.26 Å². The molecule has 0 amide bonds. The normalized spacial score (nSPS) is 12.8. The summed E-state index contributed by atoms with van der Waals surface area (Å²) in [6.45, 7) is 3.95. The second kappa shape index (κ2) is 5.57. The van der Waals surface area contributed by atoms with Crippen LogP contribution in [0.15, 0.2) is 0 Å². The lowest BCUT2D eigenvalue weighted by atomic mass is 10.4. The van der Waals surface area contributed by atoms with E-state index in [0.717, 1.165) is 13.0 Å². The first-order chi connectivity index (χ1) is 5.88. The van der Waals surface area contributed by atoms with Gasteiger partial charge in [0, 0.05) is 19.6 Å². The van der Waals surface area contributed by atoms with E-state index in [4.69, 9.17) is 0 Å². The zero-order chi connectivity index (χ0) is 10.5. The molecule has 13 heavy (non-hydrogen) atoms. The van der Waals surface area contributed by atoms with E-state index in [0.29, 0.717) is 13.1 Å². The molecule has 4 nitrogen and oxygen atoms in total. The molecule has 0 radical (unpaired) electrons. The molecule has 0 aromatic heterocycles. The van der Waals surface area contributed by atoms with Crippen molar-refractivity contribution in [2.24, 2.45) is 0 Å². The van der Waals surface area contributed by atoms with Crippen LogP contribution in [-0.4, -0.2) is 57.6 Å². The van der Waals surface area contributed by atoms with Crippen LogP contribution < -0.4 is 0 Å². The quantitative estimate of drug-likeness (QED) is 0.627. The van der Waals surface area contributed by atoms with Crippen LogP contribution in [0.5, 0.6) is 0 Å². The Morgan fingerprint density at radius 3 is 1.92 bits per heavy atom. The first-order valence-electron chi connectivity index (χ1n) is 4.47. The summed E-state index contributed by atoms with van der Waals surface area (Å²) in [7, 11) is 0.858. The molecule has 0 rings (SSSR count). The van der Waals surface area contributed by atoms with Gasteiger partial charge in [-0.15, -0.1) is 0 Å². The average Bonchev–Trinajstić information content (AvgIpc) is 1.95. The first kappa shape index (κ1) is 12.9. The van der Waals surface area contributed by atoms with Crippen molar-refractivity contribution in [3.8, 4) is 0 Å². The fourth-order valence-corrected chi connectivity index (χ4v) is 1.93. The first-order valence-corrected chi connectivity index (χ1v) is 6.32. The third-order valence-electron chi connectivity index (χ3n) is 1.74. The Labute approximate surface area is 81.6 Å². The second-order valence-corrected chi connectivity index (χ2v) is 5.45. The predicted octanol–water partition coefficient (Wildman–Crippen LogP) is 0.220. The molecule has 0 aromatic carbocycles. The lowest BCUT2D eigenvalue weighted by Crippen LogP contribution is -2.36. The highest BCUT2D eigenvalue weighted by Gasteiger charge is 2.14. The van der Waals surface area contributed by atoms with Gasteiger partial charge >= 0.3 is 0 Å². The van der Waals surface area contributed by atoms with E-state index in [1.54, 1.807) is 0 Å². The van der Waals surface area contributed by atoms with Gasteiger partial charge in [-0.2, -0.15) is 0 Å². The molecule has 5 heteroatoms. The Bertz CT molecular complexity index is 224. The third-order valence-corrected chi connectivity index (χ3v) is 3.04. The van der Waals surface area contributed by atoms with Crippen molar-refractivity contribution >= 4 is 10.0 Å². The van der Waals surface area contributed by atoms with E-state index in [1.165, 1.54) is 10.6 Å². The molecule has 0 aliphatic carbocycles. The zero-order valence-electron chi connectivity index (χ0n) is 8.95. The molecule has 80 valence electrons. The molecule has 0 unspecified atom stereocenters. The van der Waals surface area contributed by atoms with Gasteiger partial charge < -0.3 is 4.90 Å². The minimum absolute atomic E-state index is 0.583. The van der Waals surface area contributed by atoms with Crippen LogP contribution in [0.4, 0.5) is 0 Å². The third kappa shape index (κ3) is 6.01. The average molecular weight is 208 g/mol. The number of hydrogen-bond donors (Lipinski definition) is 0. The number of likely N-dealkylation sites (N-methyl/N-ethyl adjacent to an activating group) is 1. The minimum Gasteiger partial charge on any atom is -0.308 e. The van der Waals surface area contributed by atoms with Crippen LogP contribution in [0.25, 0.3) is 0 Å². The maximum Gasteiger partial charge on any atom is 0.211 e. The predicted molar refractivity (Wildman–Crippen MR) is 55.3 cm³/mol. The summed E-state index contributed by atoms with van der Waals surface area (Å²) < 4.78 is 24.0. The summed E-state index contributed by atoms with van der Waals surface area (Å²) >= 11 is 0. The lowest BCUT2D eigenvalue weighted by molar-refractivity contribution is 0.334. The van der Waals surface area contributed by atoms with Crippen molar-refractivity contribution in [1.29, 1.82) is 0 Å². The highest BCUT2D eigenvalue weighted by atomic mass is 32.2. The van der Waals surface area contributed by atoms with Gasteiger partial charge in [0.25, 0.3) is 0 Å². The summed E-state index contributed by atoms with van der Waals surface area (Å²) in [5.74, 6) is 0. The minimum atomic E-state index is -3.02. The summed E-state index contributed by atoms with van der Waals surface area (Å²) in [5.41, 5.74) is 0. The fourth-order valence-electron chi connectivity index (χ4n) is 1.00. The van der Waals surface area contributed by atoms with Crippen LogP contribution in [-0.2, 0) is 10.0 Å². The molecule has 0 saturated carbocycles.